The minimum Gasteiger partial charge on any atom is -0.496 e. The van der Waals surface area contributed by atoms with Gasteiger partial charge in [0.05, 0.1) is 43.0 Å². The third-order valence-corrected chi connectivity index (χ3v) is 5.03. The number of benzene rings is 2. The molecule has 4 rings (SSSR count). The van der Waals surface area contributed by atoms with Crippen LogP contribution >= 0.6 is 0 Å². The van der Waals surface area contributed by atoms with E-state index < -0.39 is 18.6 Å². The second-order valence-electron chi connectivity index (χ2n) is 7.14. The van der Waals surface area contributed by atoms with Crippen molar-refractivity contribution in [3.63, 3.8) is 0 Å². The molecule has 2 aromatic carbocycles. The Balaban J connectivity index is 1.75. The number of amides is 1. The molecule has 2 aromatic heterocycles. The Labute approximate surface area is 186 Å². The van der Waals surface area contributed by atoms with Crippen LogP contribution in [0, 0.1) is 6.92 Å². The lowest BCUT2D eigenvalue weighted by molar-refractivity contribution is 0.0285. The molecule has 2 heterocycles. The van der Waals surface area contributed by atoms with E-state index in [0.717, 1.165) is 16.9 Å². The summed E-state index contributed by atoms with van der Waals surface area (Å²) in [5.41, 5.74) is 3.58. The summed E-state index contributed by atoms with van der Waals surface area (Å²) in [7, 11) is 2.61. The van der Waals surface area contributed by atoms with Gasteiger partial charge < -0.3 is 19.4 Å². The minimum absolute atomic E-state index is 0.0238. The Morgan fingerprint density at radius 3 is 2.27 bits per heavy atom. The largest absolute Gasteiger partial charge is 0.496 e. The van der Waals surface area contributed by atoms with Crippen molar-refractivity contribution in [2.75, 3.05) is 14.2 Å². The molecule has 0 aliphatic rings. The summed E-state index contributed by atoms with van der Waals surface area (Å²) < 4.78 is 52.7. The molecule has 1 N–H and O–H groups in total. The Bertz CT molecular complexity index is 1290. The van der Waals surface area contributed by atoms with Crippen molar-refractivity contribution < 1.29 is 27.4 Å². The smallest absolute Gasteiger partial charge is 0.287 e. The van der Waals surface area contributed by atoms with Gasteiger partial charge in [-0.25, -0.2) is 23.1 Å². The van der Waals surface area contributed by atoms with Crippen molar-refractivity contribution >= 4 is 16.9 Å². The molecule has 0 fully saturated rings. The van der Waals surface area contributed by atoms with E-state index >= 15 is 0 Å². The van der Waals surface area contributed by atoms with Crippen molar-refractivity contribution in [3.05, 3.63) is 60.4 Å². The van der Waals surface area contributed by atoms with Crippen LogP contribution in [0.5, 0.6) is 11.5 Å². The molecule has 33 heavy (non-hydrogen) atoms. The van der Waals surface area contributed by atoms with E-state index in [1.807, 2.05) is 35.9 Å². The van der Waals surface area contributed by atoms with Crippen LogP contribution in [0.25, 0.3) is 22.4 Å². The van der Waals surface area contributed by atoms with Gasteiger partial charge in [-0.05, 0) is 25.1 Å². The molecule has 8 nitrogen and oxygen atoms in total. The van der Waals surface area contributed by atoms with Crippen LogP contribution in [0.3, 0.4) is 0 Å². The highest BCUT2D eigenvalue weighted by Crippen LogP contribution is 2.34. The molecule has 1 amide bonds. The van der Waals surface area contributed by atoms with E-state index in [-0.39, 0.29) is 17.1 Å². The van der Waals surface area contributed by atoms with Gasteiger partial charge in [-0.1, -0.05) is 0 Å². The molecule has 0 bridgehead atoms. The maximum Gasteiger partial charge on any atom is 0.287 e. The van der Waals surface area contributed by atoms with Gasteiger partial charge in [0.1, 0.15) is 23.4 Å². The lowest BCUT2D eigenvalue weighted by atomic mass is 10.1. The molecule has 0 spiro atoms. The number of halogens is 3. The van der Waals surface area contributed by atoms with Gasteiger partial charge in [-0.3, -0.25) is 9.36 Å². The number of alkyl halides is 3. The SMILES string of the molecule is COc1cc(-n2cnc3cc(-n4cnc(C)c4)ccc32)cc(OC)c1C(=O)NC(F)C(F)F. The van der Waals surface area contributed by atoms with Crippen LogP contribution < -0.4 is 14.8 Å². The number of aromatic nitrogens is 4. The number of aryl methyl sites for hydroxylation is 1. The number of imidazole rings is 2. The number of carbonyl (C=O) groups excluding carboxylic acids is 1. The minimum atomic E-state index is -3.36. The van der Waals surface area contributed by atoms with Crippen LogP contribution in [-0.2, 0) is 0 Å². The fraction of sp³-hybridized carbons (Fsp3) is 0.227. The highest BCUT2D eigenvalue weighted by Gasteiger charge is 2.27. The molecule has 1 unspecified atom stereocenters. The van der Waals surface area contributed by atoms with Crippen LogP contribution in [0.15, 0.2) is 49.2 Å². The number of carbonyl (C=O) groups is 1. The van der Waals surface area contributed by atoms with Gasteiger partial charge in [-0.2, -0.15) is 0 Å². The van der Waals surface area contributed by atoms with Gasteiger partial charge in [0.2, 0.25) is 6.30 Å². The molecule has 0 saturated carbocycles. The number of ether oxygens (including phenoxy) is 2. The van der Waals surface area contributed by atoms with Gasteiger partial charge in [-0.15, -0.1) is 0 Å². The first-order valence-corrected chi connectivity index (χ1v) is 9.80. The average molecular weight is 459 g/mol. The molecular weight excluding hydrogens is 439 g/mol. The lowest BCUT2D eigenvalue weighted by Gasteiger charge is -2.17. The molecule has 4 aromatic rings. The first-order chi connectivity index (χ1) is 15.8. The Morgan fingerprint density at radius 1 is 1.00 bits per heavy atom. The quantitative estimate of drug-likeness (QED) is 0.425. The van der Waals surface area contributed by atoms with E-state index in [9.17, 15) is 18.0 Å². The Morgan fingerprint density at radius 2 is 1.70 bits per heavy atom. The first-order valence-electron chi connectivity index (χ1n) is 9.80. The van der Waals surface area contributed by atoms with Crippen molar-refractivity contribution in [1.29, 1.82) is 0 Å². The van der Waals surface area contributed by atoms with Gasteiger partial charge in [0, 0.05) is 24.0 Å². The van der Waals surface area contributed by atoms with Crippen LogP contribution in [-0.4, -0.2) is 51.9 Å². The number of nitrogens with one attached hydrogen (secondary N) is 1. The lowest BCUT2D eigenvalue weighted by Crippen LogP contribution is -2.36. The van der Waals surface area contributed by atoms with Gasteiger partial charge >= 0.3 is 0 Å². The fourth-order valence-corrected chi connectivity index (χ4v) is 3.45. The second-order valence-corrected chi connectivity index (χ2v) is 7.14. The summed E-state index contributed by atoms with van der Waals surface area (Å²) in [5, 5.41) is 1.61. The van der Waals surface area contributed by atoms with E-state index in [2.05, 4.69) is 9.97 Å². The van der Waals surface area contributed by atoms with Crippen molar-refractivity contribution in [2.45, 2.75) is 19.6 Å². The molecule has 0 saturated heterocycles. The number of methoxy groups -OCH3 is 2. The summed E-state index contributed by atoms with van der Waals surface area (Å²) >= 11 is 0. The molecule has 172 valence electrons. The molecule has 0 radical (unpaired) electrons. The Hall–Kier alpha value is -4.02. The normalized spacial score (nSPS) is 12.2. The topological polar surface area (TPSA) is 83.2 Å². The standard InChI is InChI=1S/C22H20F3N5O3/c1-12-9-29(10-26-12)13-4-5-16-15(6-13)27-11-30(16)14-7-17(32-2)19(18(8-14)33-3)22(31)28-21(25)20(23)24/h4-11,20-21H,1-3H3,(H,28,31). The predicted octanol–water partition coefficient (Wildman–Crippen LogP) is 3.83. The zero-order valence-electron chi connectivity index (χ0n) is 17.9. The summed E-state index contributed by atoms with van der Waals surface area (Å²) in [5.74, 6) is -1.04. The zero-order valence-corrected chi connectivity index (χ0v) is 17.9. The summed E-state index contributed by atoms with van der Waals surface area (Å²) in [6.07, 6.45) is -0.983. The van der Waals surface area contributed by atoms with E-state index in [4.69, 9.17) is 9.47 Å². The Kier molecular flexibility index (Phi) is 5.95. The van der Waals surface area contributed by atoms with Gasteiger partial charge in [0.15, 0.2) is 0 Å². The molecular formula is C22H20F3N5O3. The zero-order chi connectivity index (χ0) is 23.7. The molecule has 1 atom stereocenters. The molecule has 0 aliphatic heterocycles. The monoisotopic (exact) mass is 459 g/mol. The summed E-state index contributed by atoms with van der Waals surface area (Å²) in [6, 6.07) is 8.71. The van der Waals surface area contributed by atoms with Crippen LogP contribution in [0.4, 0.5) is 13.2 Å². The molecule has 11 heteroatoms. The van der Waals surface area contributed by atoms with Crippen LogP contribution in [0.1, 0.15) is 16.1 Å². The maximum atomic E-state index is 13.4. The first kappa shape index (κ1) is 22.2. The van der Waals surface area contributed by atoms with Crippen LogP contribution in [0.2, 0.25) is 0 Å². The van der Waals surface area contributed by atoms with Gasteiger partial charge in [0.25, 0.3) is 12.3 Å². The second kappa shape index (κ2) is 8.85. The van der Waals surface area contributed by atoms with E-state index in [1.54, 1.807) is 22.5 Å². The number of hydrogen-bond donors (Lipinski definition) is 1. The van der Waals surface area contributed by atoms with Crippen molar-refractivity contribution in [2.24, 2.45) is 0 Å². The predicted molar refractivity (Wildman–Crippen MR) is 114 cm³/mol. The van der Waals surface area contributed by atoms with Crippen molar-refractivity contribution in [1.82, 2.24) is 24.4 Å². The average Bonchev–Trinajstić information content (AvgIpc) is 3.43. The maximum absolute atomic E-state index is 13.4. The van der Waals surface area contributed by atoms with E-state index in [1.165, 1.54) is 26.4 Å². The number of rotatable bonds is 7. The fourth-order valence-electron chi connectivity index (χ4n) is 3.45. The third-order valence-electron chi connectivity index (χ3n) is 5.03. The summed E-state index contributed by atoms with van der Waals surface area (Å²) in [4.78, 5) is 21.1. The highest BCUT2D eigenvalue weighted by atomic mass is 19.3. The highest BCUT2D eigenvalue weighted by molar-refractivity contribution is 6.00. The number of nitrogens with zero attached hydrogens (tertiary/aromatic N) is 4. The molecule has 0 aliphatic carbocycles. The summed E-state index contributed by atoms with van der Waals surface area (Å²) in [6.45, 7) is 1.90. The number of fused-ring (bicyclic) bond motifs is 1. The number of hydrogen-bond acceptors (Lipinski definition) is 5. The van der Waals surface area contributed by atoms with E-state index in [0.29, 0.717) is 11.2 Å². The third kappa shape index (κ3) is 4.21. The van der Waals surface area contributed by atoms with Crippen molar-refractivity contribution in [3.8, 4) is 22.9 Å².